The van der Waals surface area contributed by atoms with Gasteiger partial charge in [-0.2, -0.15) is 0 Å². The van der Waals surface area contributed by atoms with Crippen LogP contribution in [-0.4, -0.2) is 24.6 Å². The van der Waals surface area contributed by atoms with Gasteiger partial charge in [0, 0.05) is 24.4 Å². The summed E-state index contributed by atoms with van der Waals surface area (Å²) in [5, 5.41) is 2.21. The van der Waals surface area contributed by atoms with Crippen molar-refractivity contribution in [2.24, 2.45) is 0 Å². The van der Waals surface area contributed by atoms with Gasteiger partial charge < -0.3 is 4.74 Å². The van der Waals surface area contributed by atoms with E-state index in [0.717, 1.165) is 39.1 Å². The molecular formula is C19H25NOS. The molecular weight excluding hydrogens is 290 g/mol. The summed E-state index contributed by atoms with van der Waals surface area (Å²) in [6.07, 6.45) is 3.68. The van der Waals surface area contributed by atoms with Crippen LogP contribution in [0.2, 0.25) is 0 Å². The molecule has 1 unspecified atom stereocenters. The average Bonchev–Trinajstić information content (AvgIpc) is 3.03. The molecule has 0 aliphatic carbocycles. The largest absolute Gasteiger partial charge is 0.373 e. The molecule has 118 valence electrons. The van der Waals surface area contributed by atoms with Gasteiger partial charge in [-0.15, -0.1) is 11.3 Å². The third kappa shape index (κ3) is 3.97. The fourth-order valence-corrected chi connectivity index (χ4v) is 4.11. The lowest BCUT2D eigenvalue weighted by atomic mass is 10.0. The number of rotatable bonds is 7. The summed E-state index contributed by atoms with van der Waals surface area (Å²) in [6.45, 7) is 6.43. The van der Waals surface area contributed by atoms with E-state index in [-0.39, 0.29) is 0 Å². The van der Waals surface area contributed by atoms with Gasteiger partial charge in [-0.1, -0.05) is 37.3 Å². The first kappa shape index (κ1) is 15.7. The molecule has 0 spiro atoms. The first-order valence-corrected chi connectivity index (χ1v) is 9.19. The van der Waals surface area contributed by atoms with Crippen LogP contribution < -0.4 is 0 Å². The predicted molar refractivity (Wildman–Crippen MR) is 93.3 cm³/mol. The lowest BCUT2D eigenvalue weighted by Gasteiger charge is -2.27. The second kappa shape index (κ2) is 7.91. The molecule has 3 rings (SSSR count). The summed E-state index contributed by atoms with van der Waals surface area (Å²) in [5.41, 5.74) is 2.84. The molecule has 3 heteroatoms. The van der Waals surface area contributed by atoms with Crippen molar-refractivity contribution >= 4 is 11.3 Å². The van der Waals surface area contributed by atoms with Crippen LogP contribution in [0.4, 0.5) is 0 Å². The number of ether oxygens (including phenoxy) is 1. The van der Waals surface area contributed by atoms with Crippen molar-refractivity contribution in [2.45, 2.75) is 38.8 Å². The Bertz CT molecular complexity index is 566. The molecule has 1 atom stereocenters. The van der Waals surface area contributed by atoms with Gasteiger partial charge in [0.2, 0.25) is 0 Å². The van der Waals surface area contributed by atoms with Crippen molar-refractivity contribution in [1.82, 2.24) is 4.90 Å². The zero-order chi connectivity index (χ0) is 15.2. The van der Waals surface area contributed by atoms with Crippen molar-refractivity contribution < 1.29 is 4.74 Å². The topological polar surface area (TPSA) is 12.5 Å². The fourth-order valence-electron chi connectivity index (χ4n) is 3.19. The van der Waals surface area contributed by atoms with E-state index in [1.165, 1.54) is 22.4 Å². The molecule has 0 saturated carbocycles. The Hall–Kier alpha value is -1.16. The number of fused-ring (bicyclic) bond motifs is 1. The van der Waals surface area contributed by atoms with Crippen molar-refractivity contribution in [3.8, 4) is 0 Å². The van der Waals surface area contributed by atoms with E-state index in [9.17, 15) is 0 Å². The number of nitrogens with zero attached hydrogens (tertiary/aromatic N) is 1. The molecule has 0 radical (unpaired) electrons. The van der Waals surface area contributed by atoms with E-state index >= 15 is 0 Å². The summed E-state index contributed by atoms with van der Waals surface area (Å²) in [6, 6.07) is 13.0. The highest BCUT2D eigenvalue weighted by atomic mass is 32.1. The minimum Gasteiger partial charge on any atom is -0.373 e. The molecule has 2 heterocycles. The lowest BCUT2D eigenvalue weighted by Crippen LogP contribution is -2.27. The summed E-state index contributed by atoms with van der Waals surface area (Å²) in [4.78, 5) is 4.08. The Morgan fingerprint density at radius 3 is 2.86 bits per heavy atom. The first-order valence-electron chi connectivity index (χ1n) is 8.31. The third-order valence-electron chi connectivity index (χ3n) is 4.27. The maximum absolute atomic E-state index is 6.02. The Morgan fingerprint density at radius 1 is 1.18 bits per heavy atom. The highest BCUT2D eigenvalue weighted by molar-refractivity contribution is 7.10. The van der Waals surface area contributed by atoms with Crippen molar-refractivity contribution in [2.75, 3.05) is 19.7 Å². The van der Waals surface area contributed by atoms with Gasteiger partial charge in [0.25, 0.3) is 0 Å². The zero-order valence-electron chi connectivity index (χ0n) is 13.3. The molecule has 1 aliphatic rings. The molecule has 1 aromatic carbocycles. The van der Waals surface area contributed by atoms with E-state index < -0.39 is 0 Å². The molecule has 1 aliphatic heterocycles. The Kier molecular flexibility index (Phi) is 5.65. The van der Waals surface area contributed by atoms with Crippen LogP contribution >= 0.6 is 11.3 Å². The van der Waals surface area contributed by atoms with Crippen LogP contribution in [0, 0.1) is 0 Å². The SMILES string of the molecule is CCCN(CCC1OCCc2sccc21)Cc1ccccc1. The number of hydrogen-bond donors (Lipinski definition) is 0. The molecule has 0 N–H and O–H groups in total. The highest BCUT2D eigenvalue weighted by Gasteiger charge is 2.22. The predicted octanol–water partition coefficient (Wildman–Crippen LogP) is 4.66. The van der Waals surface area contributed by atoms with E-state index in [4.69, 9.17) is 4.74 Å². The molecule has 2 nitrogen and oxygen atoms in total. The van der Waals surface area contributed by atoms with Gasteiger partial charge in [-0.3, -0.25) is 4.90 Å². The normalized spacial score (nSPS) is 17.6. The number of benzene rings is 1. The molecule has 2 aromatic rings. The van der Waals surface area contributed by atoms with Gasteiger partial charge >= 0.3 is 0 Å². The van der Waals surface area contributed by atoms with E-state index in [1.54, 1.807) is 0 Å². The Morgan fingerprint density at radius 2 is 2.05 bits per heavy atom. The van der Waals surface area contributed by atoms with Gasteiger partial charge in [-0.25, -0.2) is 0 Å². The van der Waals surface area contributed by atoms with E-state index in [2.05, 4.69) is 53.6 Å². The number of hydrogen-bond acceptors (Lipinski definition) is 3. The quantitative estimate of drug-likeness (QED) is 0.736. The van der Waals surface area contributed by atoms with Gasteiger partial charge in [0.15, 0.2) is 0 Å². The van der Waals surface area contributed by atoms with Crippen LogP contribution in [-0.2, 0) is 17.7 Å². The van der Waals surface area contributed by atoms with Gasteiger partial charge in [0.1, 0.15) is 0 Å². The van der Waals surface area contributed by atoms with Crippen molar-refractivity contribution in [3.63, 3.8) is 0 Å². The summed E-state index contributed by atoms with van der Waals surface area (Å²) in [7, 11) is 0. The van der Waals surface area contributed by atoms with Crippen LogP contribution in [0.1, 0.15) is 41.9 Å². The minimum absolute atomic E-state index is 0.296. The molecule has 0 bridgehead atoms. The van der Waals surface area contributed by atoms with Crippen molar-refractivity contribution in [1.29, 1.82) is 0 Å². The van der Waals surface area contributed by atoms with Crippen molar-refractivity contribution in [3.05, 3.63) is 57.8 Å². The van der Waals surface area contributed by atoms with Gasteiger partial charge in [-0.05, 0) is 42.0 Å². The molecule has 0 fully saturated rings. The Labute approximate surface area is 137 Å². The highest BCUT2D eigenvalue weighted by Crippen LogP contribution is 2.33. The lowest BCUT2D eigenvalue weighted by molar-refractivity contribution is 0.0298. The monoisotopic (exact) mass is 315 g/mol. The van der Waals surface area contributed by atoms with Crippen LogP contribution in [0.15, 0.2) is 41.8 Å². The molecule has 22 heavy (non-hydrogen) atoms. The van der Waals surface area contributed by atoms with Gasteiger partial charge in [0.05, 0.1) is 12.7 Å². The second-order valence-electron chi connectivity index (χ2n) is 5.96. The smallest absolute Gasteiger partial charge is 0.0848 e. The Balaban J connectivity index is 1.58. The maximum Gasteiger partial charge on any atom is 0.0848 e. The van der Waals surface area contributed by atoms with Crippen LogP contribution in [0.5, 0.6) is 0 Å². The average molecular weight is 315 g/mol. The first-order chi connectivity index (χ1) is 10.9. The fraction of sp³-hybridized carbons (Fsp3) is 0.474. The second-order valence-corrected chi connectivity index (χ2v) is 6.96. The molecule has 1 aromatic heterocycles. The van der Waals surface area contributed by atoms with E-state index in [1.807, 2.05) is 11.3 Å². The third-order valence-corrected chi connectivity index (χ3v) is 5.27. The summed E-state index contributed by atoms with van der Waals surface area (Å²) in [5.74, 6) is 0. The molecule has 0 saturated heterocycles. The summed E-state index contributed by atoms with van der Waals surface area (Å²) >= 11 is 1.88. The van der Waals surface area contributed by atoms with Crippen LogP contribution in [0.25, 0.3) is 0 Å². The standard InChI is InChI=1S/C19H25NOS/c1-2-11-20(15-16-6-4-3-5-7-16)12-8-18-17-10-14-22-19(17)9-13-21-18/h3-7,10,14,18H,2,8-9,11-13,15H2,1H3. The maximum atomic E-state index is 6.02. The summed E-state index contributed by atoms with van der Waals surface area (Å²) < 4.78 is 6.02. The molecule has 0 amide bonds. The minimum atomic E-state index is 0.296. The van der Waals surface area contributed by atoms with E-state index in [0.29, 0.717) is 6.10 Å². The van der Waals surface area contributed by atoms with Crippen LogP contribution in [0.3, 0.4) is 0 Å². The number of thiophene rings is 1. The zero-order valence-corrected chi connectivity index (χ0v) is 14.1.